The number of nitrogens with zero attached hydrogens (tertiary/aromatic N) is 1. The van der Waals surface area contributed by atoms with E-state index in [0.717, 1.165) is 12.1 Å². The van der Waals surface area contributed by atoms with Crippen molar-refractivity contribution in [1.29, 1.82) is 0 Å². The van der Waals surface area contributed by atoms with E-state index in [9.17, 15) is 0 Å². The van der Waals surface area contributed by atoms with Crippen LogP contribution in [0, 0.1) is 4.64 Å². The van der Waals surface area contributed by atoms with Crippen LogP contribution in [0.3, 0.4) is 0 Å². The molecule has 0 radical (unpaired) electrons. The van der Waals surface area contributed by atoms with Crippen molar-refractivity contribution in [3.63, 3.8) is 0 Å². The van der Waals surface area contributed by atoms with E-state index < -0.39 is 0 Å². The molecule has 0 saturated heterocycles. The van der Waals surface area contributed by atoms with Gasteiger partial charge in [0.25, 0.3) is 0 Å². The number of aromatic nitrogens is 2. The summed E-state index contributed by atoms with van der Waals surface area (Å²) < 4.78 is 0.470. The maximum absolute atomic E-state index is 5.80. The number of aromatic amines is 1. The SMILES string of the molecule is CCc1[nH]cnc(=S)c1Cl. The van der Waals surface area contributed by atoms with Crippen LogP contribution < -0.4 is 0 Å². The van der Waals surface area contributed by atoms with E-state index in [4.69, 9.17) is 23.8 Å². The molecule has 4 heteroatoms. The monoisotopic (exact) mass is 174 g/mol. The van der Waals surface area contributed by atoms with Crippen molar-refractivity contribution >= 4 is 23.8 Å². The summed E-state index contributed by atoms with van der Waals surface area (Å²) in [7, 11) is 0. The van der Waals surface area contributed by atoms with Gasteiger partial charge in [-0.1, -0.05) is 30.7 Å². The van der Waals surface area contributed by atoms with Gasteiger partial charge in [-0.05, 0) is 6.42 Å². The quantitative estimate of drug-likeness (QED) is 0.663. The topological polar surface area (TPSA) is 28.7 Å². The minimum Gasteiger partial charge on any atom is -0.348 e. The van der Waals surface area contributed by atoms with E-state index in [1.165, 1.54) is 0 Å². The first kappa shape index (κ1) is 7.69. The molecule has 0 aromatic carbocycles. The fourth-order valence-electron chi connectivity index (χ4n) is 0.675. The lowest BCUT2D eigenvalue weighted by Crippen LogP contribution is -1.89. The predicted octanol–water partition coefficient (Wildman–Crippen LogP) is 2.35. The molecule has 0 amide bonds. The van der Waals surface area contributed by atoms with E-state index in [-0.39, 0.29) is 0 Å². The highest BCUT2D eigenvalue weighted by atomic mass is 35.5. The van der Waals surface area contributed by atoms with Gasteiger partial charge in [0, 0.05) is 5.69 Å². The van der Waals surface area contributed by atoms with Gasteiger partial charge in [0.1, 0.15) is 4.64 Å². The average molecular weight is 175 g/mol. The number of nitrogens with one attached hydrogen (secondary N) is 1. The van der Waals surface area contributed by atoms with Gasteiger partial charge in [-0.15, -0.1) is 0 Å². The Kier molecular flexibility index (Phi) is 2.40. The summed E-state index contributed by atoms with van der Waals surface area (Å²) in [6, 6.07) is 0. The van der Waals surface area contributed by atoms with Gasteiger partial charge in [0.05, 0.1) is 11.3 Å². The zero-order valence-electron chi connectivity index (χ0n) is 5.52. The van der Waals surface area contributed by atoms with Crippen molar-refractivity contribution in [3.8, 4) is 0 Å². The van der Waals surface area contributed by atoms with Gasteiger partial charge in [-0.2, -0.15) is 0 Å². The van der Waals surface area contributed by atoms with Gasteiger partial charge in [0.2, 0.25) is 0 Å². The van der Waals surface area contributed by atoms with Crippen LogP contribution in [0.2, 0.25) is 5.02 Å². The van der Waals surface area contributed by atoms with Crippen LogP contribution in [0.1, 0.15) is 12.6 Å². The second-order valence-electron chi connectivity index (χ2n) is 1.85. The zero-order valence-corrected chi connectivity index (χ0v) is 7.09. The Morgan fingerprint density at radius 1 is 1.80 bits per heavy atom. The average Bonchev–Trinajstić information content (AvgIpc) is 1.95. The maximum Gasteiger partial charge on any atom is 0.148 e. The van der Waals surface area contributed by atoms with E-state index in [2.05, 4.69) is 9.97 Å². The molecular weight excluding hydrogens is 168 g/mol. The van der Waals surface area contributed by atoms with Gasteiger partial charge in [-0.25, -0.2) is 4.98 Å². The first-order valence-corrected chi connectivity index (χ1v) is 3.76. The maximum atomic E-state index is 5.80. The van der Waals surface area contributed by atoms with Gasteiger partial charge >= 0.3 is 0 Å². The van der Waals surface area contributed by atoms with E-state index in [1.807, 2.05) is 6.92 Å². The third kappa shape index (κ3) is 1.36. The molecule has 0 bridgehead atoms. The Balaban J connectivity index is 3.28. The molecule has 1 rings (SSSR count). The summed E-state index contributed by atoms with van der Waals surface area (Å²) in [5.41, 5.74) is 0.946. The summed E-state index contributed by atoms with van der Waals surface area (Å²) in [4.78, 5) is 6.73. The van der Waals surface area contributed by atoms with Gasteiger partial charge in [-0.3, -0.25) is 0 Å². The van der Waals surface area contributed by atoms with E-state index in [1.54, 1.807) is 6.33 Å². The Bertz CT molecular complexity index is 281. The molecule has 1 aromatic heterocycles. The number of halogens is 1. The minimum absolute atomic E-state index is 0.470. The predicted molar refractivity (Wildman–Crippen MR) is 43.8 cm³/mol. The number of rotatable bonds is 1. The van der Waals surface area contributed by atoms with Crippen molar-refractivity contribution in [1.82, 2.24) is 9.97 Å². The third-order valence-corrected chi connectivity index (χ3v) is 2.06. The standard InChI is InChI=1S/C6H7ClN2S/c1-2-4-5(7)6(10)9-3-8-4/h3H,2H2,1H3,(H,8,9,10). The number of hydrogen-bond acceptors (Lipinski definition) is 2. The molecule has 0 atom stereocenters. The van der Waals surface area contributed by atoms with Crippen molar-refractivity contribution in [2.24, 2.45) is 0 Å². The fraction of sp³-hybridized carbons (Fsp3) is 0.333. The van der Waals surface area contributed by atoms with Crippen molar-refractivity contribution in [2.45, 2.75) is 13.3 Å². The molecule has 0 aliphatic carbocycles. The van der Waals surface area contributed by atoms with E-state index in [0.29, 0.717) is 9.66 Å². The summed E-state index contributed by atoms with van der Waals surface area (Å²) in [6.45, 7) is 2.01. The molecule has 0 fully saturated rings. The zero-order chi connectivity index (χ0) is 7.56. The van der Waals surface area contributed by atoms with E-state index >= 15 is 0 Å². The molecule has 54 valence electrons. The third-order valence-electron chi connectivity index (χ3n) is 1.23. The minimum atomic E-state index is 0.470. The van der Waals surface area contributed by atoms with Gasteiger partial charge < -0.3 is 4.98 Å². The lowest BCUT2D eigenvalue weighted by atomic mass is 10.3. The van der Waals surface area contributed by atoms with Crippen molar-refractivity contribution in [2.75, 3.05) is 0 Å². The summed E-state index contributed by atoms with van der Waals surface area (Å²) in [5.74, 6) is 0. The van der Waals surface area contributed by atoms with Crippen molar-refractivity contribution < 1.29 is 0 Å². The van der Waals surface area contributed by atoms with Crippen LogP contribution in [0.15, 0.2) is 6.33 Å². The summed E-state index contributed by atoms with van der Waals surface area (Å²) in [6.07, 6.45) is 2.41. The highest BCUT2D eigenvalue weighted by Gasteiger charge is 1.97. The Hall–Kier alpha value is -0.410. The highest BCUT2D eigenvalue weighted by Crippen LogP contribution is 2.12. The molecule has 2 nitrogen and oxygen atoms in total. The first-order valence-electron chi connectivity index (χ1n) is 2.97. The number of aryl methyl sites for hydroxylation is 1. The molecule has 1 aromatic rings. The summed E-state index contributed by atoms with van der Waals surface area (Å²) in [5, 5.41) is 0.569. The Morgan fingerprint density at radius 2 is 2.50 bits per heavy atom. The molecule has 0 saturated carbocycles. The molecule has 0 unspecified atom stereocenters. The smallest absolute Gasteiger partial charge is 0.148 e. The Labute approximate surface area is 69.3 Å². The largest absolute Gasteiger partial charge is 0.348 e. The number of H-pyrrole nitrogens is 1. The van der Waals surface area contributed by atoms with Crippen LogP contribution >= 0.6 is 23.8 Å². The molecule has 0 aliphatic rings. The van der Waals surface area contributed by atoms with Crippen LogP contribution in [0.4, 0.5) is 0 Å². The van der Waals surface area contributed by atoms with Crippen LogP contribution in [0.25, 0.3) is 0 Å². The second kappa shape index (κ2) is 3.12. The van der Waals surface area contributed by atoms with Crippen LogP contribution in [-0.2, 0) is 6.42 Å². The normalized spacial score (nSPS) is 9.80. The lowest BCUT2D eigenvalue weighted by Gasteiger charge is -1.97. The fourth-order valence-corrected chi connectivity index (χ4v) is 1.09. The second-order valence-corrected chi connectivity index (χ2v) is 2.62. The molecular formula is C6H7ClN2S. The highest BCUT2D eigenvalue weighted by molar-refractivity contribution is 7.71. The first-order chi connectivity index (χ1) is 4.75. The van der Waals surface area contributed by atoms with Crippen molar-refractivity contribution in [3.05, 3.63) is 21.7 Å². The molecule has 0 aliphatic heterocycles. The van der Waals surface area contributed by atoms with Crippen LogP contribution in [-0.4, -0.2) is 9.97 Å². The molecule has 1 heterocycles. The van der Waals surface area contributed by atoms with Gasteiger partial charge in [0.15, 0.2) is 0 Å². The number of hydrogen-bond donors (Lipinski definition) is 1. The lowest BCUT2D eigenvalue weighted by molar-refractivity contribution is 0.992. The molecule has 10 heavy (non-hydrogen) atoms. The molecule has 0 spiro atoms. The molecule has 1 N–H and O–H groups in total. The summed E-state index contributed by atoms with van der Waals surface area (Å²) >= 11 is 10.6. The Morgan fingerprint density at radius 3 is 3.00 bits per heavy atom. The van der Waals surface area contributed by atoms with Crippen LogP contribution in [0.5, 0.6) is 0 Å².